The Kier molecular flexibility index (Phi) is 5.41. The summed E-state index contributed by atoms with van der Waals surface area (Å²) in [6, 6.07) is 5.63. The van der Waals surface area contributed by atoms with E-state index in [4.69, 9.17) is 0 Å². The van der Waals surface area contributed by atoms with Gasteiger partial charge >= 0.3 is 0 Å². The maximum absolute atomic E-state index is 12.9. The second kappa shape index (κ2) is 8.12. The maximum atomic E-state index is 12.9. The van der Waals surface area contributed by atoms with Gasteiger partial charge in [-0.1, -0.05) is 0 Å². The van der Waals surface area contributed by atoms with Crippen LogP contribution in [-0.4, -0.2) is 62.6 Å². The number of carbonyl (C=O) groups excluding carboxylic acids is 2. The standard InChI is InChI=1S/C21H27N5O2/c1-2-26-19(9-10-23-26)21(28)25-13-5-6-17(15-25)18-8-7-16(14-22-18)20(27)24-11-3-4-12-24/h7-10,14,17H,2-6,11-13,15H2,1H3/t17-/m0/s1. The highest BCUT2D eigenvalue weighted by Crippen LogP contribution is 2.27. The highest BCUT2D eigenvalue weighted by Gasteiger charge is 2.28. The predicted octanol–water partition coefficient (Wildman–Crippen LogP) is 2.55. The Bertz CT molecular complexity index is 839. The van der Waals surface area contributed by atoms with Crippen LogP contribution in [0.15, 0.2) is 30.6 Å². The van der Waals surface area contributed by atoms with Gasteiger partial charge in [0.25, 0.3) is 11.8 Å². The Hall–Kier alpha value is -2.70. The normalized spacial score (nSPS) is 19.8. The third-order valence-electron chi connectivity index (χ3n) is 5.79. The van der Waals surface area contributed by atoms with E-state index >= 15 is 0 Å². The van der Waals surface area contributed by atoms with E-state index in [1.54, 1.807) is 23.1 Å². The van der Waals surface area contributed by atoms with Gasteiger partial charge in [-0.2, -0.15) is 5.10 Å². The van der Waals surface area contributed by atoms with Crippen LogP contribution >= 0.6 is 0 Å². The van der Waals surface area contributed by atoms with Gasteiger partial charge in [-0.3, -0.25) is 19.3 Å². The van der Waals surface area contributed by atoms with Gasteiger partial charge in [-0.15, -0.1) is 0 Å². The monoisotopic (exact) mass is 381 g/mol. The van der Waals surface area contributed by atoms with Gasteiger partial charge in [0.15, 0.2) is 0 Å². The minimum atomic E-state index is 0.0323. The highest BCUT2D eigenvalue weighted by atomic mass is 16.2. The molecule has 0 saturated carbocycles. The minimum Gasteiger partial charge on any atom is -0.339 e. The van der Waals surface area contributed by atoms with Crippen molar-refractivity contribution < 1.29 is 9.59 Å². The van der Waals surface area contributed by atoms with Crippen molar-refractivity contribution in [1.29, 1.82) is 0 Å². The molecule has 2 aromatic heterocycles. The third kappa shape index (κ3) is 3.66. The van der Waals surface area contributed by atoms with Crippen LogP contribution < -0.4 is 0 Å². The van der Waals surface area contributed by atoms with Crippen LogP contribution in [0.4, 0.5) is 0 Å². The summed E-state index contributed by atoms with van der Waals surface area (Å²) in [5.74, 6) is 0.307. The molecule has 7 heteroatoms. The number of piperidine rings is 1. The van der Waals surface area contributed by atoms with E-state index in [0.29, 0.717) is 24.3 Å². The quantitative estimate of drug-likeness (QED) is 0.816. The summed E-state index contributed by atoms with van der Waals surface area (Å²) in [6.07, 6.45) is 7.50. The van der Waals surface area contributed by atoms with Crippen molar-refractivity contribution in [3.63, 3.8) is 0 Å². The van der Waals surface area contributed by atoms with Crippen molar-refractivity contribution in [3.05, 3.63) is 47.5 Å². The summed E-state index contributed by atoms with van der Waals surface area (Å²) < 4.78 is 1.74. The molecule has 0 aliphatic carbocycles. The molecule has 0 spiro atoms. The zero-order valence-electron chi connectivity index (χ0n) is 16.4. The van der Waals surface area contributed by atoms with Gasteiger partial charge in [0.1, 0.15) is 5.69 Å². The number of carbonyl (C=O) groups is 2. The van der Waals surface area contributed by atoms with Crippen molar-refractivity contribution in [2.24, 2.45) is 0 Å². The first-order valence-electron chi connectivity index (χ1n) is 10.2. The van der Waals surface area contributed by atoms with E-state index in [1.165, 1.54) is 0 Å². The SMILES string of the molecule is CCn1nccc1C(=O)N1CCC[C@H](c2ccc(C(=O)N3CCCC3)cn2)C1. The maximum Gasteiger partial charge on any atom is 0.272 e. The number of aromatic nitrogens is 3. The molecule has 7 nitrogen and oxygen atoms in total. The molecule has 0 radical (unpaired) electrons. The van der Waals surface area contributed by atoms with Crippen LogP contribution in [0.1, 0.15) is 65.1 Å². The van der Waals surface area contributed by atoms with Gasteiger partial charge in [0, 0.05) is 56.7 Å². The number of nitrogens with zero attached hydrogens (tertiary/aromatic N) is 5. The van der Waals surface area contributed by atoms with Crippen LogP contribution in [-0.2, 0) is 6.54 Å². The lowest BCUT2D eigenvalue weighted by molar-refractivity contribution is 0.0693. The fourth-order valence-electron chi connectivity index (χ4n) is 4.21. The zero-order valence-corrected chi connectivity index (χ0v) is 16.4. The number of hydrogen-bond acceptors (Lipinski definition) is 4. The first-order chi connectivity index (χ1) is 13.7. The van der Waals surface area contributed by atoms with Crippen LogP contribution in [0.5, 0.6) is 0 Å². The van der Waals surface area contributed by atoms with Crippen molar-refractivity contribution in [3.8, 4) is 0 Å². The van der Waals surface area contributed by atoms with Crippen molar-refractivity contribution >= 4 is 11.8 Å². The number of hydrogen-bond donors (Lipinski definition) is 0. The summed E-state index contributed by atoms with van der Waals surface area (Å²) in [6.45, 7) is 5.76. The van der Waals surface area contributed by atoms with E-state index in [0.717, 1.165) is 51.0 Å². The Morgan fingerprint density at radius 2 is 1.82 bits per heavy atom. The summed E-state index contributed by atoms with van der Waals surface area (Å²) in [5.41, 5.74) is 2.25. The molecule has 28 heavy (non-hydrogen) atoms. The Morgan fingerprint density at radius 1 is 1.04 bits per heavy atom. The first-order valence-corrected chi connectivity index (χ1v) is 10.2. The molecule has 148 valence electrons. The average molecular weight is 381 g/mol. The van der Waals surface area contributed by atoms with Crippen LogP contribution in [0.25, 0.3) is 0 Å². The second-order valence-electron chi connectivity index (χ2n) is 7.59. The molecule has 2 aromatic rings. The molecule has 0 unspecified atom stereocenters. The topological polar surface area (TPSA) is 71.3 Å². The van der Waals surface area contributed by atoms with E-state index in [2.05, 4.69) is 10.1 Å². The van der Waals surface area contributed by atoms with Gasteiger partial charge in [0.05, 0.1) is 5.56 Å². The number of amides is 2. The predicted molar refractivity (Wildman–Crippen MR) is 105 cm³/mol. The van der Waals surface area contributed by atoms with Crippen LogP contribution in [0.3, 0.4) is 0 Å². The molecule has 2 aliphatic heterocycles. The molecule has 1 atom stereocenters. The van der Waals surface area contributed by atoms with E-state index in [9.17, 15) is 9.59 Å². The smallest absolute Gasteiger partial charge is 0.272 e. The molecular weight excluding hydrogens is 354 g/mol. The average Bonchev–Trinajstić information content (AvgIpc) is 3.45. The molecule has 2 aliphatic rings. The highest BCUT2D eigenvalue weighted by molar-refractivity contribution is 5.94. The summed E-state index contributed by atoms with van der Waals surface area (Å²) in [5, 5.41) is 4.21. The number of likely N-dealkylation sites (tertiary alicyclic amines) is 2. The lowest BCUT2D eigenvalue weighted by Crippen LogP contribution is -2.40. The fraction of sp³-hybridized carbons (Fsp3) is 0.524. The van der Waals surface area contributed by atoms with Gasteiger partial charge in [-0.05, 0) is 50.8 Å². The summed E-state index contributed by atoms with van der Waals surface area (Å²) in [7, 11) is 0. The lowest BCUT2D eigenvalue weighted by atomic mass is 9.93. The molecular formula is C21H27N5O2. The number of aryl methyl sites for hydroxylation is 1. The molecule has 0 bridgehead atoms. The number of pyridine rings is 1. The summed E-state index contributed by atoms with van der Waals surface area (Å²) >= 11 is 0. The van der Waals surface area contributed by atoms with Gasteiger partial charge < -0.3 is 9.80 Å². The Morgan fingerprint density at radius 3 is 2.54 bits per heavy atom. The largest absolute Gasteiger partial charge is 0.339 e. The van der Waals surface area contributed by atoms with Crippen LogP contribution in [0, 0.1) is 0 Å². The third-order valence-corrected chi connectivity index (χ3v) is 5.79. The minimum absolute atomic E-state index is 0.0323. The lowest BCUT2D eigenvalue weighted by Gasteiger charge is -2.32. The van der Waals surface area contributed by atoms with E-state index in [-0.39, 0.29) is 17.7 Å². The van der Waals surface area contributed by atoms with Crippen LogP contribution in [0.2, 0.25) is 0 Å². The molecule has 2 amide bonds. The first kappa shape index (κ1) is 18.7. The van der Waals surface area contributed by atoms with Crippen molar-refractivity contribution in [2.75, 3.05) is 26.2 Å². The second-order valence-corrected chi connectivity index (χ2v) is 7.59. The molecule has 4 heterocycles. The van der Waals surface area contributed by atoms with Crippen molar-refractivity contribution in [1.82, 2.24) is 24.6 Å². The molecule has 4 rings (SSSR count). The number of rotatable bonds is 4. The van der Waals surface area contributed by atoms with Gasteiger partial charge in [-0.25, -0.2) is 0 Å². The summed E-state index contributed by atoms with van der Waals surface area (Å²) in [4.78, 5) is 33.8. The fourth-order valence-corrected chi connectivity index (χ4v) is 4.21. The van der Waals surface area contributed by atoms with Gasteiger partial charge in [0.2, 0.25) is 0 Å². The zero-order chi connectivity index (χ0) is 19.5. The Balaban J connectivity index is 1.44. The Labute approximate surface area is 165 Å². The van der Waals surface area contributed by atoms with Crippen molar-refractivity contribution in [2.45, 2.75) is 45.1 Å². The molecule has 0 aromatic carbocycles. The molecule has 2 saturated heterocycles. The van der Waals surface area contributed by atoms with E-state index < -0.39 is 0 Å². The van der Waals surface area contributed by atoms with E-state index in [1.807, 2.05) is 28.9 Å². The molecule has 0 N–H and O–H groups in total. The molecule has 2 fully saturated rings.